The quantitative estimate of drug-likeness (QED) is 0.316. The molecule has 0 atom stereocenters. The van der Waals surface area contributed by atoms with Crippen LogP contribution in [0.3, 0.4) is 0 Å². The van der Waals surface area contributed by atoms with Crippen LogP contribution in [-0.4, -0.2) is 25.7 Å². The molecule has 0 spiro atoms. The zero-order chi connectivity index (χ0) is 5.54. The Morgan fingerprint density at radius 3 is 1.75 bits per heavy atom. The molecule has 0 rings (SSSR count). The second kappa shape index (κ2) is 10.1. The minimum Gasteiger partial charge on any atom is -0.304 e. The van der Waals surface area contributed by atoms with E-state index < -0.39 is 0 Å². The molecule has 0 aliphatic heterocycles. The van der Waals surface area contributed by atoms with Crippen molar-refractivity contribution in [3.8, 4) is 0 Å². The van der Waals surface area contributed by atoms with Gasteiger partial charge in [0.2, 0.25) is 0 Å². The number of nitrogens with one attached hydrogen (secondary N) is 1. The topological polar surface area (TPSA) is 46.2 Å². The van der Waals surface area contributed by atoms with Crippen molar-refractivity contribution in [2.24, 2.45) is 0 Å². The number of carbonyl (C=O) groups excluding carboxylic acids is 2. The average molecular weight is 149 g/mol. The van der Waals surface area contributed by atoms with Gasteiger partial charge in [0.15, 0.2) is 0 Å². The van der Waals surface area contributed by atoms with Gasteiger partial charge < -0.3 is 14.9 Å². The molecular weight excluding hydrogens is 142 g/mol. The second-order valence-electron chi connectivity index (χ2n) is 0.992. The van der Waals surface area contributed by atoms with Crippen molar-refractivity contribution in [2.45, 2.75) is 0 Å². The van der Waals surface area contributed by atoms with Crippen LogP contribution in [0, 0.1) is 0 Å². The first kappa shape index (κ1) is 10.9. The van der Waals surface area contributed by atoms with Gasteiger partial charge in [0, 0.05) is 21.7 Å². The largest absolute Gasteiger partial charge is 0.304 e. The molecule has 0 amide bonds. The molecule has 3 nitrogen and oxygen atoms in total. The second-order valence-corrected chi connectivity index (χ2v) is 0.992. The van der Waals surface area contributed by atoms with Crippen LogP contribution in [0.5, 0.6) is 0 Å². The van der Waals surface area contributed by atoms with E-state index >= 15 is 0 Å². The summed E-state index contributed by atoms with van der Waals surface area (Å²) >= 11 is 0. The predicted molar refractivity (Wildman–Crippen MR) is 25.0 cm³/mol. The third kappa shape index (κ3) is 9.38. The van der Waals surface area contributed by atoms with Crippen LogP contribution in [0.15, 0.2) is 0 Å². The maximum atomic E-state index is 9.50. The third-order valence-electron chi connectivity index (χ3n) is 0.455. The van der Waals surface area contributed by atoms with Gasteiger partial charge in [0.25, 0.3) is 0 Å². The first-order chi connectivity index (χ1) is 3.41. The van der Waals surface area contributed by atoms with Gasteiger partial charge in [-0.1, -0.05) is 0 Å². The Labute approximate surface area is 62.7 Å². The van der Waals surface area contributed by atoms with E-state index in [2.05, 4.69) is 5.32 Å². The van der Waals surface area contributed by atoms with Gasteiger partial charge in [-0.2, -0.15) is 0 Å². The molecule has 0 aliphatic rings. The molecule has 0 aromatic heterocycles. The molecule has 44 valence electrons. The number of hydrogen-bond acceptors (Lipinski definition) is 3. The van der Waals surface area contributed by atoms with Gasteiger partial charge in [0.1, 0.15) is 12.6 Å². The molecule has 0 radical (unpaired) electrons. The summed E-state index contributed by atoms with van der Waals surface area (Å²) in [7, 11) is 0. The molecule has 1 N–H and O–H groups in total. The molecule has 0 saturated carbocycles. The van der Waals surface area contributed by atoms with Crippen molar-refractivity contribution in [1.29, 1.82) is 0 Å². The average Bonchev–Trinajstić information content (AvgIpc) is 1.69. The summed E-state index contributed by atoms with van der Waals surface area (Å²) in [6.07, 6.45) is 1.42. The van der Waals surface area contributed by atoms with E-state index in [4.69, 9.17) is 0 Å². The van der Waals surface area contributed by atoms with Gasteiger partial charge in [-0.25, -0.2) is 0 Å². The maximum Gasteiger partial charge on any atom is 0.133 e. The molecule has 0 bridgehead atoms. The van der Waals surface area contributed by atoms with Crippen LogP contribution in [0.1, 0.15) is 0 Å². The Morgan fingerprint density at radius 1 is 1.12 bits per heavy atom. The minimum atomic E-state index is 0. The van der Waals surface area contributed by atoms with Crippen LogP contribution in [0.4, 0.5) is 0 Å². The van der Waals surface area contributed by atoms with E-state index in [1.807, 2.05) is 0 Å². The SMILES string of the molecule is O=CCNCC=O.[Ti]. The summed E-state index contributed by atoms with van der Waals surface area (Å²) in [6, 6.07) is 0. The van der Waals surface area contributed by atoms with Gasteiger partial charge in [-0.15, -0.1) is 0 Å². The predicted octanol–water partition coefficient (Wildman–Crippen LogP) is -1.03. The van der Waals surface area contributed by atoms with E-state index in [9.17, 15) is 9.59 Å². The van der Waals surface area contributed by atoms with Crippen LogP contribution < -0.4 is 5.32 Å². The molecular formula is C4H7NO2Ti. The third-order valence-corrected chi connectivity index (χ3v) is 0.455. The summed E-state index contributed by atoms with van der Waals surface area (Å²) in [6.45, 7) is 0.525. The van der Waals surface area contributed by atoms with Crippen molar-refractivity contribution < 1.29 is 31.3 Å². The number of aldehydes is 2. The van der Waals surface area contributed by atoms with Gasteiger partial charge >= 0.3 is 0 Å². The van der Waals surface area contributed by atoms with Crippen molar-refractivity contribution in [3.05, 3.63) is 0 Å². The fourth-order valence-corrected chi connectivity index (χ4v) is 0.201. The van der Waals surface area contributed by atoms with Crippen LogP contribution in [-0.2, 0) is 31.3 Å². The monoisotopic (exact) mass is 149 g/mol. The van der Waals surface area contributed by atoms with Crippen LogP contribution in [0.2, 0.25) is 0 Å². The van der Waals surface area contributed by atoms with Crippen molar-refractivity contribution in [1.82, 2.24) is 5.32 Å². The number of hydrogen-bond donors (Lipinski definition) is 1. The molecule has 8 heavy (non-hydrogen) atoms. The van der Waals surface area contributed by atoms with Crippen molar-refractivity contribution in [2.75, 3.05) is 13.1 Å². The Hall–Kier alpha value is 0.0143. The molecule has 0 heterocycles. The molecule has 0 aliphatic carbocycles. The van der Waals surface area contributed by atoms with E-state index in [0.717, 1.165) is 0 Å². The molecule has 0 unspecified atom stereocenters. The van der Waals surface area contributed by atoms with E-state index in [-0.39, 0.29) is 34.8 Å². The molecule has 0 fully saturated rings. The van der Waals surface area contributed by atoms with Crippen molar-refractivity contribution in [3.63, 3.8) is 0 Å². The maximum absolute atomic E-state index is 9.50. The summed E-state index contributed by atoms with van der Waals surface area (Å²) in [4.78, 5) is 19.0. The van der Waals surface area contributed by atoms with Crippen molar-refractivity contribution >= 4 is 12.6 Å². The molecule has 0 saturated heterocycles. The molecule has 4 heteroatoms. The standard InChI is InChI=1S/C4H7NO2.Ti/c6-3-1-5-2-4-7;/h3-5H,1-2H2;. The number of rotatable bonds is 4. The zero-order valence-corrected chi connectivity index (χ0v) is 5.95. The molecule has 0 aromatic carbocycles. The Balaban J connectivity index is 0. The summed E-state index contributed by atoms with van der Waals surface area (Å²) in [5.74, 6) is 0. The van der Waals surface area contributed by atoms with E-state index in [1.165, 1.54) is 0 Å². The normalized spacial score (nSPS) is 7.00. The zero-order valence-electron chi connectivity index (χ0n) is 4.39. The van der Waals surface area contributed by atoms with Gasteiger partial charge in [0.05, 0.1) is 13.1 Å². The summed E-state index contributed by atoms with van der Waals surface area (Å²) in [5.41, 5.74) is 0. The number of carbonyl (C=O) groups is 2. The van der Waals surface area contributed by atoms with E-state index in [1.54, 1.807) is 0 Å². The van der Waals surface area contributed by atoms with Crippen LogP contribution >= 0.6 is 0 Å². The Bertz CT molecular complexity index is 59.1. The fourth-order valence-electron chi connectivity index (χ4n) is 0.201. The first-order valence-electron chi connectivity index (χ1n) is 2.00. The minimum absolute atomic E-state index is 0. The van der Waals surface area contributed by atoms with Crippen LogP contribution in [0.25, 0.3) is 0 Å². The Morgan fingerprint density at radius 2 is 1.50 bits per heavy atom. The Kier molecular flexibility index (Phi) is 13.8. The first-order valence-corrected chi connectivity index (χ1v) is 2.00. The summed E-state index contributed by atoms with van der Waals surface area (Å²) in [5, 5.41) is 2.55. The van der Waals surface area contributed by atoms with Gasteiger partial charge in [-0.05, 0) is 0 Å². The van der Waals surface area contributed by atoms with Gasteiger partial charge in [-0.3, -0.25) is 0 Å². The van der Waals surface area contributed by atoms with E-state index in [0.29, 0.717) is 12.6 Å². The molecule has 0 aromatic rings. The smallest absolute Gasteiger partial charge is 0.133 e. The fraction of sp³-hybridized carbons (Fsp3) is 0.500. The summed E-state index contributed by atoms with van der Waals surface area (Å²) < 4.78 is 0.